The predicted molar refractivity (Wildman–Crippen MR) is 80.4 cm³/mol. The van der Waals surface area contributed by atoms with Gasteiger partial charge in [-0.1, -0.05) is 13.8 Å². The summed E-state index contributed by atoms with van der Waals surface area (Å²) in [5.41, 5.74) is -0.543. The van der Waals surface area contributed by atoms with Crippen LogP contribution in [0.3, 0.4) is 0 Å². The third kappa shape index (κ3) is 7.53. The van der Waals surface area contributed by atoms with Crippen LogP contribution in [0.25, 0.3) is 0 Å². The van der Waals surface area contributed by atoms with E-state index in [-0.39, 0.29) is 5.97 Å². The van der Waals surface area contributed by atoms with Crippen LogP contribution < -0.4 is 5.32 Å². The van der Waals surface area contributed by atoms with Gasteiger partial charge in [-0.15, -0.1) is 0 Å². The molecule has 0 aromatic heterocycles. The van der Waals surface area contributed by atoms with E-state index in [1.54, 1.807) is 0 Å². The molecule has 0 rings (SSSR count). The van der Waals surface area contributed by atoms with Crippen LogP contribution in [0.5, 0.6) is 0 Å². The standard InChI is InChI=1S/C15H32N2O2/c1-6-11-16-15(4,14(18)19-8-3)10-9-13-17(5)12-7-2/h16H,6-13H2,1-5H3. The Labute approximate surface area is 118 Å². The highest BCUT2D eigenvalue weighted by molar-refractivity contribution is 5.80. The Kier molecular flexibility index (Phi) is 9.88. The third-order valence-electron chi connectivity index (χ3n) is 3.31. The maximum absolute atomic E-state index is 12.1. The quantitative estimate of drug-likeness (QED) is 0.587. The Morgan fingerprint density at radius 1 is 1.21 bits per heavy atom. The Hall–Kier alpha value is -0.610. The van der Waals surface area contributed by atoms with E-state index in [4.69, 9.17) is 4.74 Å². The van der Waals surface area contributed by atoms with Gasteiger partial charge in [-0.25, -0.2) is 0 Å². The van der Waals surface area contributed by atoms with Crippen molar-refractivity contribution in [3.05, 3.63) is 0 Å². The molecule has 4 heteroatoms. The number of carbonyl (C=O) groups excluding carboxylic acids is 1. The van der Waals surface area contributed by atoms with Gasteiger partial charge < -0.3 is 15.0 Å². The van der Waals surface area contributed by atoms with Crippen molar-refractivity contribution in [2.45, 2.75) is 58.9 Å². The highest BCUT2D eigenvalue weighted by atomic mass is 16.5. The first-order chi connectivity index (χ1) is 9.00. The summed E-state index contributed by atoms with van der Waals surface area (Å²) in [6, 6.07) is 0. The molecule has 4 nitrogen and oxygen atoms in total. The molecule has 0 amide bonds. The van der Waals surface area contributed by atoms with E-state index >= 15 is 0 Å². The second kappa shape index (κ2) is 10.2. The van der Waals surface area contributed by atoms with Crippen molar-refractivity contribution in [2.24, 2.45) is 0 Å². The maximum Gasteiger partial charge on any atom is 0.326 e. The minimum atomic E-state index is -0.543. The predicted octanol–water partition coefficient (Wildman–Crippen LogP) is 2.43. The number of rotatable bonds is 11. The van der Waals surface area contributed by atoms with Gasteiger partial charge in [0.15, 0.2) is 0 Å². The van der Waals surface area contributed by atoms with Crippen molar-refractivity contribution in [1.82, 2.24) is 10.2 Å². The normalized spacial score (nSPS) is 14.4. The minimum absolute atomic E-state index is 0.124. The van der Waals surface area contributed by atoms with Gasteiger partial charge in [0.05, 0.1) is 6.61 Å². The molecule has 0 aliphatic rings. The first kappa shape index (κ1) is 18.4. The van der Waals surface area contributed by atoms with Crippen LogP contribution in [-0.4, -0.2) is 49.7 Å². The van der Waals surface area contributed by atoms with Gasteiger partial charge in [-0.3, -0.25) is 4.79 Å². The SMILES string of the molecule is CCCNC(C)(CCCN(C)CCC)C(=O)OCC. The van der Waals surface area contributed by atoms with Crippen LogP contribution >= 0.6 is 0 Å². The number of ether oxygens (including phenoxy) is 1. The number of hydrogen-bond acceptors (Lipinski definition) is 4. The summed E-state index contributed by atoms with van der Waals surface area (Å²) in [4.78, 5) is 14.4. The van der Waals surface area contributed by atoms with Crippen molar-refractivity contribution in [3.8, 4) is 0 Å². The molecule has 0 aromatic rings. The number of esters is 1. The molecule has 0 aliphatic heterocycles. The average molecular weight is 272 g/mol. The molecule has 19 heavy (non-hydrogen) atoms. The van der Waals surface area contributed by atoms with E-state index in [2.05, 4.69) is 31.1 Å². The smallest absolute Gasteiger partial charge is 0.326 e. The molecule has 1 atom stereocenters. The molecule has 1 unspecified atom stereocenters. The Morgan fingerprint density at radius 2 is 1.89 bits per heavy atom. The van der Waals surface area contributed by atoms with Crippen LogP contribution in [0.4, 0.5) is 0 Å². The highest BCUT2D eigenvalue weighted by Gasteiger charge is 2.33. The van der Waals surface area contributed by atoms with Gasteiger partial charge in [0.1, 0.15) is 5.54 Å². The topological polar surface area (TPSA) is 41.6 Å². The lowest BCUT2D eigenvalue weighted by Gasteiger charge is -2.29. The Bertz CT molecular complexity index is 246. The van der Waals surface area contributed by atoms with Gasteiger partial charge in [0.25, 0.3) is 0 Å². The molecule has 1 N–H and O–H groups in total. The zero-order chi connectivity index (χ0) is 14.7. The lowest BCUT2D eigenvalue weighted by molar-refractivity contribution is -0.150. The molecule has 0 aliphatic carbocycles. The summed E-state index contributed by atoms with van der Waals surface area (Å²) < 4.78 is 5.19. The summed E-state index contributed by atoms with van der Waals surface area (Å²) in [7, 11) is 2.13. The monoisotopic (exact) mass is 272 g/mol. The maximum atomic E-state index is 12.1. The lowest BCUT2D eigenvalue weighted by Crippen LogP contribution is -2.51. The molecule has 0 aromatic carbocycles. The fraction of sp³-hybridized carbons (Fsp3) is 0.933. The zero-order valence-electron chi connectivity index (χ0n) is 13.4. The molecule has 0 bridgehead atoms. The van der Waals surface area contributed by atoms with Crippen LogP contribution in [0, 0.1) is 0 Å². The zero-order valence-corrected chi connectivity index (χ0v) is 13.4. The lowest BCUT2D eigenvalue weighted by atomic mass is 9.95. The summed E-state index contributed by atoms with van der Waals surface area (Å²) >= 11 is 0. The summed E-state index contributed by atoms with van der Waals surface area (Å²) in [6.45, 7) is 11.5. The molecule has 114 valence electrons. The van der Waals surface area contributed by atoms with Gasteiger partial charge in [-0.2, -0.15) is 0 Å². The van der Waals surface area contributed by atoms with Gasteiger partial charge in [0, 0.05) is 0 Å². The first-order valence-electron chi connectivity index (χ1n) is 7.61. The molecule has 0 saturated heterocycles. The number of hydrogen-bond donors (Lipinski definition) is 1. The summed E-state index contributed by atoms with van der Waals surface area (Å²) in [6.07, 6.45) is 4.01. The summed E-state index contributed by atoms with van der Waals surface area (Å²) in [5, 5.41) is 3.34. The van der Waals surface area contributed by atoms with E-state index in [1.165, 1.54) is 6.42 Å². The number of nitrogens with one attached hydrogen (secondary N) is 1. The number of carbonyl (C=O) groups is 1. The average Bonchev–Trinajstić information content (AvgIpc) is 2.37. The van der Waals surface area contributed by atoms with Crippen LogP contribution in [0.1, 0.15) is 53.4 Å². The highest BCUT2D eigenvalue weighted by Crippen LogP contribution is 2.15. The van der Waals surface area contributed by atoms with E-state index in [0.29, 0.717) is 6.61 Å². The molecule has 0 fully saturated rings. The summed E-state index contributed by atoms with van der Waals surface area (Å²) in [5.74, 6) is -0.124. The second-order valence-corrected chi connectivity index (χ2v) is 5.39. The van der Waals surface area contributed by atoms with Crippen molar-refractivity contribution in [1.29, 1.82) is 0 Å². The van der Waals surface area contributed by atoms with Crippen molar-refractivity contribution in [3.63, 3.8) is 0 Å². The molecule has 0 spiro atoms. The van der Waals surface area contributed by atoms with Gasteiger partial charge >= 0.3 is 5.97 Å². The minimum Gasteiger partial charge on any atom is -0.465 e. The first-order valence-corrected chi connectivity index (χ1v) is 7.61. The molecule has 0 heterocycles. The van der Waals surface area contributed by atoms with Gasteiger partial charge in [-0.05, 0) is 66.2 Å². The fourth-order valence-corrected chi connectivity index (χ4v) is 2.15. The third-order valence-corrected chi connectivity index (χ3v) is 3.31. The Morgan fingerprint density at radius 3 is 2.42 bits per heavy atom. The molecule has 0 radical (unpaired) electrons. The molecular weight excluding hydrogens is 240 g/mol. The van der Waals surface area contributed by atoms with Crippen LogP contribution in [0.2, 0.25) is 0 Å². The molecular formula is C15H32N2O2. The fourth-order valence-electron chi connectivity index (χ4n) is 2.15. The number of nitrogens with zero attached hydrogens (tertiary/aromatic N) is 1. The Balaban J connectivity index is 4.29. The second-order valence-electron chi connectivity index (χ2n) is 5.39. The largest absolute Gasteiger partial charge is 0.465 e. The molecule has 0 saturated carbocycles. The van der Waals surface area contributed by atoms with Crippen molar-refractivity contribution in [2.75, 3.05) is 33.3 Å². The van der Waals surface area contributed by atoms with E-state index < -0.39 is 5.54 Å². The van der Waals surface area contributed by atoms with Crippen molar-refractivity contribution < 1.29 is 9.53 Å². The van der Waals surface area contributed by atoms with E-state index in [0.717, 1.165) is 38.9 Å². The van der Waals surface area contributed by atoms with E-state index in [9.17, 15) is 4.79 Å². The van der Waals surface area contributed by atoms with Crippen molar-refractivity contribution >= 4 is 5.97 Å². The van der Waals surface area contributed by atoms with Crippen LogP contribution in [0.15, 0.2) is 0 Å². The van der Waals surface area contributed by atoms with Gasteiger partial charge in [0.2, 0.25) is 0 Å². The van der Waals surface area contributed by atoms with E-state index in [1.807, 2.05) is 13.8 Å². The van der Waals surface area contributed by atoms with Crippen LogP contribution in [-0.2, 0) is 9.53 Å².